The summed E-state index contributed by atoms with van der Waals surface area (Å²) in [6.45, 7) is 0. The summed E-state index contributed by atoms with van der Waals surface area (Å²) in [6.07, 6.45) is 0. The number of rotatable bonds is 5. The zero-order valence-corrected chi connectivity index (χ0v) is 29.4. The van der Waals surface area contributed by atoms with Gasteiger partial charge >= 0.3 is 0 Å². The molecule has 2 heteroatoms. The van der Waals surface area contributed by atoms with Crippen molar-refractivity contribution in [1.29, 1.82) is 0 Å². The molecule has 2 nitrogen and oxygen atoms in total. The fraction of sp³-hybridized carbons (Fsp3) is 0. The molecule has 11 rings (SSSR count). The highest BCUT2D eigenvalue weighted by Gasteiger charge is 2.20. The van der Waals surface area contributed by atoms with E-state index in [1.165, 1.54) is 60.0 Å². The first-order valence-corrected chi connectivity index (χ1v) is 18.5. The van der Waals surface area contributed by atoms with E-state index in [2.05, 4.69) is 205 Å². The second-order valence-corrected chi connectivity index (χ2v) is 14.1. The van der Waals surface area contributed by atoms with Gasteiger partial charge < -0.3 is 9.32 Å². The monoisotopic (exact) mass is 687 g/mol. The summed E-state index contributed by atoms with van der Waals surface area (Å²) in [5.41, 5.74) is 9.93. The van der Waals surface area contributed by atoms with Crippen LogP contribution in [0.5, 0.6) is 0 Å². The van der Waals surface area contributed by atoms with Crippen molar-refractivity contribution in [3.05, 3.63) is 200 Å². The first-order chi connectivity index (χ1) is 26.8. The van der Waals surface area contributed by atoms with E-state index in [0.29, 0.717) is 0 Å². The highest BCUT2D eigenvalue weighted by molar-refractivity contribution is 6.18. The molecule has 0 unspecified atom stereocenters. The number of hydrogen-bond acceptors (Lipinski definition) is 2. The fourth-order valence-corrected chi connectivity index (χ4v) is 8.49. The Morgan fingerprint density at radius 3 is 1.80 bits per heavy atom. The van der Waals surface area contributed by atoms with Crippen molar-refractivity contribution in [2.24, 2.45) is 0 Å². The molecular formula is C52H33NO. The molecule has 0 fully saturated rings. The average Bonchev–Trinajstić information content (AvgIpc) is 3.63. The van der Waals surface area contributed by atoms with Crippen molar-refractivity contribution >= 4 is 82.1 Å². The lowest BCUT2D eigenvalue weighted by Crippen LogP contribution is -2.10. The Balaban J connectivity index is 1.14. The predicted octanol–water partition coefficient (Wildman–Crippen LogP) is 15.0. The second-order valence-electron chi connectivity index (χ2n) is 14.1. The molecule has 0 amide bonds. The van der Waals surface area contributed by atoms with E-state index in [1.807, 2.05) is 0 Å². The molecule has 11 aromatic rings. The Kier molecular flexibility index (Phi) is 6.90. The molecule has 0 saturated carbocycles. The van der Waals surface area contributed by atoms with Crippen LogP contribution < -0.4 is 4.90 Å². The summed E-state index contributed by atoms with van der Waals surface area (Å²) in [5.74, 6) is 0. The molecule has 0 atom stereocenters. The van der Waals surface area contributed by atoms with Gasteiger partial charge in [-0.2, -0.15) is 0 Å². The van der Waals surface area contributed by atoms with Crippen molar-refractivity contribution < 1.29 is 4.42 Å². The van der Waals surface area contributed by atoms with Crippen LogP contribution in [0.1, 0.15) is 0 Å². The molecule has 10 aromatic carbocycles. The van der Waals surface area contributed by atoms with Gasteiger partial charge in [0, 0.05) is 32.9 Å². The van der Waals surface area contributed by atoms with E-state index in [-0.39, 0.29) is 0 Å². The lowest BCUT2D eigenvalue weighted by molar-refractivity contribution is 0.672. The highest BCUT2D eigenvalue weighted by Crippen LogP contribution is 2.45. The van der Waals surface area contributed by atoms with Crippen LogP contribution in [-0.4, -0.2) is 0 Å². The smallest absolute Gasteiger partial charge is 0.143 e. The molecule has 0 aliphatic rings. The number of nitrogens with zero attached hydrogens (tertiary/aromatic N) is 1. The largest absolute Gasteiger partial charge is 0.455 e. The first kappa shape index (κ1) is 30.5. The van der Waals surface area contributed by atoms with Crippen LogP contribution in [0.15, 0.2) is 205 Å². The van der Waals surface area contributed by atoms with Crippen molar-refractivity contribution in [2.45, 2.75) is 0 Å². The molecule has 0 aliphatic carbocycles. The van der Waals surface area contributed by atoms with Crippen molar-refractivity contribution in [3.63, 3.8) is 0 Å². The van der Waals surface area contributed by atoms with Gasteiger partial charge in [-0.05, 0) is 103 Å². The molecule has 0 N–H and O–H groups in total. The van der Waals surface area contributed by atoms with Crippen LogP contribution >= 0.6 is 0 Å². The van der Waals surface area contributed by atoms with Gasteiger partial charge in [0.05, 0.1) is 5.69 Å². The first-order valence-electron chi connectivity index (χ1n) is 18.5. The van der Waals surface area contributed by atoms with Crippen LogP contribution in [0, 0.1) is 0 Å². The van der Waals surface area contributed by atoms with Gasteiger partial charge in [-0.15, -0.1) is 0 Å². The van der Waals surface area contributed by atoms with Crippen LogP contribution in [0.4, 0.5) is 17.1 Å². The molecule has 0 saturated heterocycles. The highest BCUT2D eigenvalue weighted by atomic mass is 16.3. The summed E-state index contributed by atoms with van der Waals surface area (Å²) in [4.78, 5) is 2.40. The predicted molar refractivity (Wildman–Crippen MR) is 229 cm³/mol. The van der Waals surface area contributed by atoms with Gasteiger partial charge in [-0.25, -0.2) is 0 Å². The minimum Gasteiger partial charge on any atom is -0.455 e. The summed E-state index contributed by atoms with van der Waals surface area (Å²) in [7, 11) is 0. The minimum absolute atomic E-state index is 0.882. The summed E-state index contributed by atoms with van der Waals surface area (Å²) >= 11 is 0. The Bertz CT molecular complexity index is 3210. The molecule has 0 aliphatic heterocycles. The number of hydrogen-bond donors (Lipinski definition) is 0. The van der Waals surface area contributed by atoms with Crippen LogP contribution in [0.2, 0.25) is 0 Å². The zero-order valence-electron chi connectivity index (χ0n) is 29.4. The third-order valence-corrected chi connectivity index (χ3v) is 11.0. The van der Waals surface area contributed by atoms with Gasteiger partial charge in [-0.3, -0.25) is 0 Å². The molecule has 0 bridgehead atoms. The maximum absolute atomic E-state index is 6.56. The lowest BCUT2D eigenvalue weighted by Gasteiger charge is -2.27. The third-order valence-electron chi connectivity index (χ3n) is 11.0. The van der Waals surface area contributed by atoms with Gasteiger partial charge in [-0.1, -0.05) is 152 Å². The number of furan rings is 1. The van der Waals surface area contributed by atoms with Gasteiger partial charge in [0.25, 0.3) is 0 Å². The quantitative estimate of drug-likeness (QED) is 0.168. The van der Waals surface area contributed by atoms with E-state index < -0.39 is 0 Å². The van der Waals surface area contributed by atoms with Gasteiger partial charge in [0.2, 0.25) is 0 Å². The van der Waals surface area contributed by atoms with E-state index in [0.717, 1.165) is 44.4 Å². The minimum atomic E-state index is 0.882. The normalized spacial score (nSPS) is 11.7. The van der Waals surface area contributed by atoms with Crippen molar-refractivity contribution in [2.75, 3.05) is 4.90 Å². The third kappa shape index (κ3) is 4.81. The van der Waals surface area contributed by atoms with Crippen LogP contribution in [0.25, 0.3) is 87.3 Å². The van der Waals surface area contributed by atoms with E-state index in [1.54, 1.807) is 0 Å². The van der Waals surface area contributed by atoms with E-state index in [9.17, 15) is 0 Å². The topological polar surface area (TPSA) is 16.4 Å². The van der Waals surface area contributed by atoms with E-state index in [4.69, 9.17) is 4.42 Å². The van der Waals surface area contributed by atoms with Gasteiger partial charge in [0.15, 0.2) is 0 Å². The zero-order chi connectivity index (χ0) is 35.6. The van der Waals surface area contributed by atoms with Crippen molar-refractivity contribution in [3.8, 4) is 22.3 Å². The maximum atomic E-state index is 6.56. The number of benzene rings is 10. The van der Waals surface area contributed by atoms with Crippen LogP contribution in [0.3, 0.4) is 0 Å². The molecule has 0 radical (unpaired) electrons. The Morgan fingerprint density at radius 2 is 0.944 bits per heavy atom. The molecule has 1 aromatic heterocycles. The number of fused-ring (bicyclic) bond motifs is 9. The second kappa shape index (κ2) is 12.2. The van der Waals surface area contributed by atoms with Crippen LogP contribution in [-0.2, 0) is 0 Å². The molecule has 1 heterocycles. The van der Waals surface area contributed by atoms with Gasteiger partial charge in [0.1, 0.15) is 11.2 Å². The maximum Gasteiger partial charge on any atom is 0.143 e. The Morgan fingerprint density at radius 1 is 0.315 bits per heavy atom. The Labute approximate surface area is 312 Å². The molecule has 252 valence electrons. The van der Waals surface area contributed by atoms with Crippen molar-refractivity contribution in [1.82, 2.24) is 0 Å². The Hall–Kier alpha value is -7.16. The number of anilines is 3. The lowest BCUT2D eigenvalue weighted by atomic mass is 9.90. The molecular weight excluding hydrogens is 655 g/mol. The van der Waals surface area contributed by atoms with E-state index >= 15 is 0 Å². The molecule has 54 heavy (non-hydrogen) atoms. The summed E-state index contributed by atoms with van der Waals surface area (Å²) in [6, 6.07) is 72.3. The SMILES string of the molecule is c1ccc(-c2ccc(N(c3ccc4oc5c6ccccc6ccc5c4c3)c3cccc4c(-c5cc6ccccc6c6ccccc56)cccc34)cc2)cc1. The standard InChI is InChI=1S/C52H33NO/c1-2-12-34(13-3-1)35-24-27-38(28-25-35)53(39-29-31-51-49(33-39)47-30-26-36-14-4-7-17-41(36)52(47)54-51)50-23-11-21-43-45(20-10-22-46(43)50)48-32-37-15-5-6-16-40(37)42-18-8-9-19-44(42)48/h1-33H. The summed E-state index contributed by atoms with van der Waals surface area (Å²) < 4.78 is 6.56. The fourth-order valence-electron chi connectivity index (χ4n) is 8.49. The summed E-state index contributed by atoms with van der Waals surface area (Å²) in [5, 5.41) is 12.0. The average molecular weight is 688 g/mol. The molecule has 0 spiro atoms.